The summed E-state index contributed by atoms with van der Waals surface area (Å²) < 4.78 is 0. The van der Waals surface area contributed by atoms with Crippen molar-refractivity contribution in [3.05, 3.63) is 16.6 Å². The summed E-state index contributed by atoms with van der Waals surface area (Å²) in [4.78, 5) is 28.6. The van der Waals surface area contributed by atoms with E-state index in [0.29, 0.717) is 18.7 Å². The molecule has 0 radical (unpaired) electrons. The minimum atomic E-state index is -1.08. The number of hydrogen-bond acceptors (Lipinski definition) is 4. The molecule has 2 rings (SSSR count). The fraction of sp³-hybridized carbons (Fsp3) is 0.500. The van der Waals surface area contributed by atoms with Gasteiger partial charge in [0.25, 0.3) is 5.91 Å². The van der Waals surface area contributed by atoms with Gasteiger partial charge in [-0.1, -0.05) is 0 Å². The lowest BCUT2D eigenvalue weighted by Crippen LogP contribution is -2.50. The minimum Gasteiger partial charge on any atom is -0.480 e. The van der Waals surface area contributed by atoms with Crippen molar-refractivity contribution in [2.45, 2.75) is 25.3 Å². The molecule has 5 nitrogen and oxygen atoms in total. The summed E-state index contributed by atoms with van der Waals surface area (Å²) in [5.74, 6) is -1.24. The first-order valence-electron chi connectivity index (χ1n) is 4.99. The van der Waals surface area contributed by atoms with Crippen LogP contribution < -0.4 is 0 Å². The molecular formula is C10H12N2O3S. The van der Waals surface area contributed by atoms with E-state index in [9.17, 15) is 14.7 Å². The fourth-order valence-corrected chi connectivity index (χ4v) is 2.49. The number of carboxylic acid groups (broad SMARTS) is 1. The molecule has 1 fully saturated rings. The molecule has 1 aromatic rings. The van der Waals surface area contributed by atoms with Gasteiger partial charge in [-0.05, 0) is 19.8 Å². The molecule has 1 saturated heterocycles. The Labute approximate surface area is 96.7 Å². The van der Waals surface area contributed by atoms with Crippen molar-refractivity contribution >= 4 is 23.2 Å². The zero-order chi connectivity index (χ0) is 11.8. The lowest BCUT2D eigenvalue weighted by molar-refractivity contribution is -0.147. The first-order chi connectivity index (χ1) is 7.55. The van der Waals surface area contributed by atoms with E-state index in [1.807, 2.05) is 0 Å². The number of amides is 1. The van der Waals surface area contributed by atoms with Crippen LogP contribution in [0.25, 0.3) is 0 Å². The molecule has 1 aliphatic heterocycles. The largest absolute Gasteiger partial charge is 0.480 e. The van der Waals surface area contributed by atoms with E-state index < -0.39 is 11.5 Å². The van der Waals surface area contributed by atoms with E-state index in [4.69, 9.17) is 0 Å². The Bertz CT molecular complexity index is 418. The number of aliphatic carboxylic acids is 1. The Balaban J connectivity index is 2.27. The van der Waals surface area contributed by atoms with Gasteiger partial charge >= 0.3 is 5.97 Å². The van der Waals surface area contributed by atoms with Gasteiger partial charge in [-0.2, -0.15) is 0 Å². The van der Waals surface area contributed by atoms with E-state index in [2.05, 4.69) is 4.98 Å². The molecule has 0 aliphatic carbocycles. The molecule has 0 bridgehead atoms. The molecule has 0 aromatic carbocycles. The SMILES string of the molecule is CC1(C(=O)O)CCCN1C(=O)c1cscn1. The van der Waals surface area contributed by atoms with Crippen LogP contribution in [0.3, 0.4) is 0 Å². The van der Waals surface area contributed by atoms with Crippen LogP contribution in [-0.4, -0.2) is 39.0 Å². The molecule has 6 heteroatoms. The van der Waals surface area contributed by atoms with Crippen LogP contribution in [0.1, 0.15) is 30.3 Å². The van der Waals surface area contributed by atoms with Crippen molar-refractivity contribution in [1.82, 2.24) is 9.88 Å². The van der Waals surface area contributed by atoms with Gasteiger partial charge in [0.2, 0.25) is 0 Å². The molecule has 16 heavy (non-hydrogen) atoms. The summed E-state index contributed by atoms with van der Waals surface area (Å²) in [6.45, 7) is 2.08. The summed E-state index contributed by atoms with van der Waals surface area (Å²) in [7, 11) is 0. The number of rotatable bonds is 2. The highest BCUT2D eigenvalue weighted by Gasteiger charge is 2.46. The molecule has 0 saturated carbocycles. The van der Waals surface area contributed by atoms with E-state index in [-0.39, 0.29) is 5.91 Å². The molecule has 1 unspecified atom stereocenters. The predicted octanol–water partition coefficient (Wildman–Crippen LogP) is 1.22. The zero-order valence-corrected chi connectivity index (χ0v) is 9.66. The van der Waals surface area contributed by atoms with Gasteiger partial charge in [-0.3, -0.25) is 4.79 Å². The van der Waals surface area contributed by atoms with E-state index >= 15 is 0 Å². The molecule has 1 aliphatic rings. The molecule has 86 valence electrons. The average molecular weight is 240 g/mol. The monoisotopic (exact) mass is 240 g/mol. The van der Waals surface area contributed by atoms with E-state index in [1.54, 1.807) is 17.8 Å². The van der Waals surface area contributed by atoms with Gasteiger partial charge in [0.1, 0.15) is 11.2 Å². The number of aromatic nitrogens is 1. The third kappa shape index (κ3) is 1.59. The molecule has 2 heterocycles. The Morgan fingerprint density at radius 1 is 1.62 bits per heavy atom. The van der Waals surface area contributed by atoms with Crippen LogP contribution in [0.5, 0.6) is 0 Å². The number of likely N-dealkylation sites (tertiary alicyclic amines) is 1. The van der Waals surface area contributed by atoms with Crippen LogP contribution in [0, 0.1) is 0 Å². The third-order valence-electron chi connectivity index (χ3n) is 3.00. The average Bonchev–Trinajstić information content (AvgIpc) is 2.85. The molecule has 1 N–H and O–H groups in total. The van der Waals surface area contributed by atoms with Gasteiger partial charge in [0, 0.05) is 11.9 Å². The summed E-state index contributed by atoms with van der Waals surface area (Å²) in [6, 6.07) is 0. The van der Waals surface area contributed by atoms with Crippen molar-refractivity contribution in [1.29, 1.82) is 0 Å². The van der Waals surface area contributed by atoms with Crippen LogP contribution >= 0.6 is 11.3 Å². The summed E-state index contributed by atoms with van der Waals surface area (Å²) >= 11 is 1.33. The van der Waals surface area contributed by atoms with Crippen LogP contribution in [-0.2, 0) is 4.79 Å². The Hall–Kier alpha value is -1.43. The fourth-order valence-electron chi connectivity index (χ4n) is 1.97. The second kappa shape index (κ2) is 3.86. The number of carbonyl (C=O) groups is 2. The first-order valence-corrected chi connectivity index (χ1v) is 5.93. The van der Waals surface area contributed by atoms with Gasteiger partial charge in [-0.25, -0.2) is 9.78 Å². The van der Waals surface area contributed by atoms with E-state index in [0.717, 1.165) is 6.42 Å². The maximum absolute atomic E-state index is 12.0. The molecular weight excluding hydrogens is 228 g/mol. The third-order valence-corrected chi connectivity index (χ3v) is 3.58. The van der Waals surface area contributed by atoms with Gasteiger partial charge in [0.05, 0.1) is 5.51 Å². The summed E-state index contributed by atoms with van der Waals surface area (Å²) in [5.41, 5.74) is 0.821. The quantitative estimate of drug-likeness (QED) is 0.843. The normalized spacial score (nSPS) is 24.7. The maximum Gasteiger partial charge on any atom is 0.329 e. The van der Waals surface area contributed by atoms with Crippen molar-refractivity contribution in [3.8, 4) is 0 Å². The second-order valence-electron chi connectivity index (χ2n) is 4.01. The first kappa shape index (κ1) is 11.1. The van der Waals surface area contributed by atoms with Gasteiger partial charge in [0.15, 0.2) is 0 Å². The lowest BCUT2D eigenvalue weighted by Gasteiger charge is -2.30. The van der Waals surface area contributed by atoms with Crippen molar-refractivity contribution in [2.24, 2.45) is 0 Å². The standard InChI is InChI=1S/C10H12N2O3S/c1-10(9(14)15)3-2-4-12(10)8(13)7-5-16-6-11-7/h5-6H,2-4H2,1H3,(H,14,15). The smallest absolute Gasteiger partial charge is 0.329 e. The highest BCUT2D eigenvalue weighted by molar-refractivity contribution is 7.07. The van der Waals surface area contributed by atoms with Gasteiger partial charge < -0.3 is 10.0 Å². The number of carbonyl (C=O) groups excluding carboxylic acids is 1. The van der Waals surface area contributed by atoms with Crippen LogP contribution in [0.15, 0.2) is 10.9 Å². The highest BCUT2D eigenvalue weighted by atomic mass is 32.1. The predicted molar refractivity (Wildman–Crippen MR) is 58.4 cm³/mol. The lowest BCUT2D eigenvalue weighted by atomic mass is 9.99. The van der Waals surface area contributed by atoms with Crippen molar-refractivity contribution in [3.63, 3.8) is 0 Å². The second-order valence-corrected chi connectivity index (χ2v) is 4.73. The molecule has 1 aromatic heterocycles. The molecule has 1 atom stereocenters. The molecule has 1 amide bonds. The Morgan fingerprint density at radius 3 is 2.94 bits per heavy atom. The van der Waals surface area contributed by atoms with Crippen LogP contribution in [0.4, 0.5) is 0 Å². The van der Waals surface area contributed by atoms with Crippen molar-refractivity contribution in [2.75, 3.05) is 6.54 Å². The zero-order valence-electron chi connectivity index (χ0n) is 8.84. The van der Waals surface area contributed by atoms with E-state index in [1.165, 1.54) is 16.2 Å². The van der Waals surface area contributed by atoms with Crippen molar-refractivity contribution < 1.29 is 14.7 Å². The summed E-state index contributed by atoms with van der Waals surface area (Å²) in [5, 5.41) is 10.8. The Morgan fingerprint density at radius 2 is 2.38 bits per heavy atom. The molecule has 0 spiro atoms. The number of nitrogens with zero attached hydrogens (tertiary/aromatic N) is 2. The summed E-state index contributed by atoms with van der Waals surface area (Å²) in [6.07, 6.45) is 1.22. The number of thiazole rings is 1. The van der Waals surface area contributed by atoms with Crippen LogP contribution in [0.2, 0.25) is 0 Å². The Kier molecular flexibility index (Phi) is 2.67. The topological polar surface area (TPSA) is 70.5 Å². The number of carboxylic acids is 1. The number of hydrogen-bond donors (Lipinski definition) is 1. The minimum absolute atomic E-state index is 0.288. The maximum atomic E-state index is 12.0. The highest BCUT2D eigenvalue weighted by Crippen LogP contribution is 2.30. The van der Waals surface area contributed by atoms with Gasteiger partial charge in [-0.15, -0.1) is 11.3 Å².